The van der Waals surface area contributed by atoms with Crippen LogP contribution in [-0.2, 0) is 19.1 Å². The molecular weight excluding hydrogens is 468 g/mol. The van der Waals surface area contributed by atoms with Crippen LogP contribution in [0.1, 0.15) is 50.7 Å². The Labute approximate surface area is 213 Å². The Morgan fingerprint density at radius 2 is 1.85 bits per heavy atom. The van der Waals surface area contributed by atoms with E-state index in [9.17, 15) is 9.59 Å². The maximum absolute atomic E-state index is 11.9. The van der Waals surface area contributed by atoms with E-state index in [0.29, 0.717) is 28.8 Å². The lowest BCUT2D eigenvalue weighted by atomic mass is 9.94. The molecule has 1 aromatic rings. The van der Waals surface area contributed by atoms with Gasteiger partial charge in [-0.1, -0.05) is 72.2 Å². The molecule has 0 fully saturated rings. The summed E-state index contributed by atoms with van der Waals surface area (Å²) in [7, 11) is 7.58. The van der Waals surface area contributed by atoms with Crippen molar-refractivity contribution in [1.82, 2.24) is 0 Å². The van der Waals surface area contributed by atoms with Crippen LogP contribution >= 0.6 is 21.6 Å². The number of aldehydes is 1. The number of ketones is 1. The van der Waals surface area contributed by atoms with Gasteiger partial charge in [-0.2, -0.15) is 0 Å². The Bertz CT molecular complexity index is 817. The van der Waals surface area contributed by atoms with Crippen LogP contribution in [0.4, 0.5) is 0 Å². The van der Waals surface area contributed by atoms with Gasteiger partial charge in [0.25, 0.3) is 0 Å². The largest absolute Gasteiger partial charge is 0.498 e. The summed E-state index contributed by atoms with van der Waals surface area (Å²) in [5, 5.41) is 0. The average Bonchev–Trinajstić information content (AvgIpc) is 2.84. The lowest BCUT2D eigenvalue weighted by Gasteiger charge is -2.15. The number of aryl methyl sites for hydroxylation is 1. The van der Waals surface area contributed by atoms with Crippen molar-refractivity contribution in [2.75, 3.05) is 32.8 Å². The number of rotatable bonds is 15. The molecule has 0 aliphatic heterocycles. The molecule has 2 unspecified atom stereocenters. The van der Waals surface area contributed by atoms with Gasteiger partial charge in [0.1, 0.15) is 23.9 Å². The van der Waals surface area contributed by atoms with Crippen molar-refractivity contribution in [2.24, 2.45) is 0 Å². The van der Waals surface area contributed by atoms with Gasteiger partial charge in [-0.3, -0.25) is 4.79 Å². The third kappa shape index (κ3) is 12.5. The molecule has 0 aliphatic rings. The van der Waals surface area contributed by atoms with Crippen LogP contribution in [0.15, 0.2) is 54.3 Å². The number of allylic oxidation sites excluding steroid dienone is 4. The molecule has 0 saturated carbocycles. The minimum absolute atomic E-state index is 0.0415. The third-order valence-electron chi connectivity index (χ3n) is 5.01. The Balaban J connectivity index is 0.000000679. The molecule has 1 aromatic carbocycles. The first-order valence-corrected chi connectivity index (χ1v) is 13.7. The zero-order valence-electron chi connectivity index (χ0n) is 21.6. The highest BCUT2D eigenvalue weighted by atomic mass is 33.1. The minimum Gasteiger partial charge on any atom is -0.498 e. The summed E-state index contributed by atoms with van der Waals surface area (Å²) in [5.74, 6) is 2.88. The lowest BCUT2D eigenvalue weighted by Crippen LogP contribution is -2.10. The van der Waals surface area contributed by atoms with Gasteiger partial charge >= 0.3 is 0 Å². The molecular formula is C27H40O5S2. The summed E-state index contributed by atoms with van der Waals surface area (Å²) in [4.78, 5) is 22.1. The first kappa shape index (κ1) is 32.0. The number of benzene rings is 1. The van der Waals surface area contributed by atoms with Gasteiger partial charge in [-0.05, 0) is 50.0 Å². The summed E-state index contributed by atoms with van der Waals surface area (Å²) < 4.78 is 15.7. The number of ether oxygens (including phenoxy) is 3. The second-order valence-corrected chi connectivity index (χ2v) is 10.1. The van der Waals surface area contributed by atoms with Gasteiger partial charge in [-0.25, -0.2) is 0 Å². The van der Waals surface area contributed by atoms with E-state index in [-0.39, 0.29) is 11.9 Å². The molecule has 5 nitrogen and oxygen atoms in total. The van der Waals surface area contributed by atoms with Crippen molar-refractivity contribution >= 4 is 33.7 Å². The predicted octanol–water partition coefficient (Wildman–Crippen LogP) is 6.72. The molecule has 7 heteroatoms. The van der Waals surface area contributed by atoms with Crippen LogP contribution < -0.4 is 4.74 Å². The summed E-state index contributed by atoms with van der Waals surface area (Å²) in [6, 6.07) is 6.40. The monoisotopic (exact) mass is 508 g/mol. The number of hydrogen-bond donors (Lipinski definition) is 0. The van der Waals surface area contributed by atoms with Gasteiger partial charge in [-0.15, -0.1) is 0 Å². The molecule has 2 atom stereocenters. The zero-order chi connectivity index (χ0) is 25.9. The third-order valence-corrected chi connectivity index (χ3v) is 7.09. The Morgan fingerprint density at radius 1 is 1.15 bits per heavy atom. The maximum atomic E-state index is 11.9. The molecule has 0 radical (unpaired) electrons. The second kappa shape index (κ2) is 19.4. The molecule has 0 bridgehead atoms. The van der Waals surface area contributed by atoms with Gasteiger partial charge < -0.3 is 19.0 Å². The topological polar surface area (TPSA) is 61.8 Å². The predicted molar refractivity (Wildman–Crippen MR) is 147 cm³/mol. The SMILES string of the molecule is C=C/C(=C\C=C(\OC)C(C)OC)C(=O)CSSCC=O.CCCC(C)c1cc(C)ccc1OC. The van der Waals surface area contributed by atoms with Crippen molar-refractivity contribution in [2.45, 2.75) is 52.6 Å². The number of Topliss-reactive ketones (excluding diaryl/α,β-unsaturated/α-hetero) is 1. The van der Waals surface area contributed by atoms with E-state index < -0.39 is 0 Å². The fourth-order valence-electron chi connectivity index (χ4n) is 3.01. The summed E-state index contributed by atoms with van der Waals surface area (Å²) in [6.45, 7) is 12.1. The summed E-state index contributed by atoms with van der Waals surface area (Å²) >= 11 is 0. The number of carbonyl (C=O) groups excluding carboxylic acids is 2. The van der Waals surface area contributed by atoms with Gasteiger partial charge in [0.15, 0.2) is 5.78 Å². The van der Waals surface area contributed by atoms with E-state index in [4.69, 9.17) is 14.2 Å². The molecule has 0 N–H and O–H groups in total. The van der Waals surface area contributed by atoms with E-state index in [1.165, 1.54) is 51.6 Å². The molecule has 0 amide bonds. The number of hydrogen-bond acceptors (Lipinski definition) is 7. The van der Waals surface area contributed by atoms with E-state index in [0.717, 1.165) is 12.0 Å². The number of carbonyl (C=O) groups is 2. The molecule has 1 rings (SSSR count). The Morgan fingerprint density at radius 3 is 2.38 bits per heavy atom. The lowest BCUT2D eigenvalue weighted by molar-refractivity contribution is -0.113. The highest BCUT2D eigenvalue weighted by molar-refractivity contribution is 8.77. The van der Waals surface area contributed by atoms with Crippen LogP contribution in [-0.4, -0.2) is 51.0 Å². The molecule has 0 heterocycles. The highest BCUT2D eigenvalue weighted by Crippen LogP contribution is 2.30. The van der Waals surface area contributed by atoms with Crippen LogP contribution in [0.3, 0.4) is 0 Å². The Kier molecular flexibility index (Phi) is 18.2. The molecule has 0 aliphatic carbocycles. The van der Waals surface area contributed by atoms with E-state index in [1.807, 2.05) is 6.92 Å². The fourth-order valence-corrected chi connectivity index (χ4v) is 4.55. The molecule has 0 aromatic heterocycles. The quantitative estimate of drug-likeness (QED) is 0.0651. The summed E-state index contributed by atoms with van der Waals surface area (Å²) in [6.07, 6.45) is 7.94. The normalized spacial score (nSPS) is 13.3. The van der Waals surface area contributed by atoms with Gasteiger partial charge in [0.2, 0.25) is 0 Å². The van der Waals surface area contributed by atoms with Crippen LogP contribution in [0, 0.1) is 6.92 Å². The van der Waals surface area contributed by atoms with Crippen LogP contribution in [0.25, 0.3) is 0 Å². The Hall–Kier alpha value is -1.96. The summed E-state index contributed by atoms with van der Waals surface area (Å²) in [5.41, 5.74) is 3.15. The van der Waals surface area contributed by atoms with Gasteiger partial charge in [0.05, 0.1) is 25.7 Å². The fraction of sp³-hybridized carbons (Fsp3) is 0.481. The first-order chi connectivity index (χ1) is 16.3. The molecule has 34 heavy (non-hydrogen) atoms. The second-order valence-electron chi connectivity index (χ2n) is 7.55. The first-order valence-electron chi connectivity index (χ1n) is 11.3. The van der Waals surface area contributed by atoms with E-state index >= 15 is 0 Å². The van der Waals surface area contributed by atoms with Crippen molar-refractivity contribution < 1.29 is 23.8 Å². The maximum Gasteiger partial charge on any atom is 0.173 e. The van der Waals surface area contributed by atoms with E-state index in [1.54, 1.807) is 33.5 Å². The van der Waals surface area contributed by atoms with Crippen molar-refractivity contribution in [3.05, 3.63) is 65.5 Å². The van der Waals surface area contributed by atoms with E-state index in [2.05, 4.69) is 45.5 Å². The minimum atomic E-state index is -0.185. The molecule has 190 valence electrons. The molecule has 0 saturated heterocycles. The van der Waals surface area contributed by atoms with Crippen molar-refractivity contribution in [3.8, 4) is 5.75 Å². The van der Waals surface area contributed by atoms with Crippen LogP contribution in [0.5, 0.6) is 5.75 Å². The smallest absolute Gasteiger partial charge is 0.173 e. The number of methoxy groups -OCH3 is 3. The standard InChI is InChI=1S/C14H20O4S2.C13H20O/c1-5-12(13(16)10-20-19-9-8-15)6-7-14(18-4)11(2)17-3;1-5-6-11(3)12-9-10(2)7-8-13(12)14-4/h5-8,11H,1,9-10H2,2-4H3;7-9,11H,5-6H2,1-4H3/b12-6+,14-7+;. The van der Waals surface area contributed by atoms with Crippen molar-refractivity contribution in [3.63, 3.8) is 0 Å². The van der Waals surface area contributed by atoms with Gasteiger partial charge in [0, 0.05) is 12.7 Å². The average molecular weight is 509 g/mol. The zero-order valence-corrected chi connectivity index (χ0v) is 23.2. The molecule has 0 spiro atoms. The highest BCUT2D eigenvalue weighted by Gasteiger charge is 2.11. The van der Waals surface area contributed by atoms with Crippen LogP contribution in [0.2, 0.25) is 0 Å². The van der Waals surface area contributed by atoms with Crippen molar-refractivity contribution in [1.29, 1.82) is 0 Å².